The van der Waals surface area contributed by atoms with Crippen molar-refractivity contribution in [1.82, 2.24) is 29.7 Å². The van der Waals surface area contributed by atoms with Crippen LogP contribution in [0, 0.1) is 0 Å². The van der Waals surface area contributed by atoms with Gasteiger partial charge in [-0.1, -0.05) is 99.6 Å². The molecule has 0 bridgehead atoms. The van der Waals surface area contributed by atoms with Crippen molar-refractivity contribution in [2.45, 2.75) is 26.2 Å². The molecule has 226 valence electrons. The predicted molar refractivity (Wildman–Crippen MR) is 190 cm³/mol. The van der Waals surface area contributed by atoms with Crippen LogP contribution >= 0.6 is 0 Å². The third kappa shape index (κ3) is 5.24. The maximum absolute atomic E-state index is 4.97. The predicted octanol–water partition coefficient (Wildman–Crippen LogP) is 9.72. The number of hydrogen-bond donors (Lipinski definition) is 0. The molecule has 0 aliphatic heterocycles. The summed E-state index contributed by atoms with van der Waals surface area (Å²) in [5.74, 6) is 1.27. The van der Waals surface area contributed by atoms with Crippen molar-refractivity contribution >= 4 is 21.5 Å². The maximum atomic E-state index is 4.97. The Morgan fingerprint density at radius 3 is 1.94 bits per heavy atom. The van der Waals surface area contributed by atoms with Crippen molar-refractivity contribution in [1.29, 1.82) is 0 Å². The molecule has 0 saturated carbocycles. The largest absolute Gasteiger partial charge is 0.272 e. The van der Waals surface area contributed by atoms with E-state index < -0.39 is 0 Å². The highest BCUT2D eigenvalue weighted by Gasteiger charge is 2.21. The summed E-state index contributed by atoms with van der Waals surface area (Å²) in [4.78, 5) is 14.4. The van der Waals surface area contributed by atoms with Gasteiger partial charge in [-0.2, -0.15) is 0 Å². The molecule has 4 aromatic carbocycles. The van der Waals surface area contributed by atoms with Gasteiger partial charge in [0.05, 0.1) is 11.4 Å². The standard InChI is InChI=1S/C41H32N6/c1-41(2,3)29-19-21-30(22-20-29)47-39(45-46-40(47)38-17-10-16-36(44-38)35-15-8-9-24-42-35)37-23-18-28(26-43-37)34-25-27-11-4-5-12-31(27)32-13-6-7-14-33(32)34/h4-26H,1-3H3. The van der Waals surface area contributed by atoms with Gasteiger partial charge in [-0.25, -0.2) is 4.98 Å². The van der Waals surface area contributed by atoms with Crippen LogP contribution in [0.25, 0.3) is 72.8 Å². The van der Waals surface area contributed by atoms with Gasteiger partial charge in [0.2, 0.25) is 0 Å². The van der Waals surface area contributed by atoms with Crippen molar-refractivity contribution in [3.05, 3.63) is 145 Å². The monoisotopic (exact) mass is 608 g/mol. The normalized spacial score (nSPS) is 11.7. The Bertz CT molecular complexity index is 2370. The van der Waals surface area contributed by atoms with E-state index in [0.29, 0.717) is 17.3 Å². The Kier molecular flexibility index (Phi) is 6.91. The summed E-state index contributed by atoms with van der Waals surface area (Å²) < 4.78 is 2.05. The molecule has 0 aliphatic carbocycles. The average Bonchev–Trinajstić information content (AvgIpc) is 3.57. The topological polar surface area (TPSA) is 69.4 Å². The van der Waals surface area contributed by atoms with E-state index >= 15 is 0 Å². The first-order valence-corrected chi connectivity index (χ1v) is 15.8. The van der Waals surface area contributed by atoms with Crippen LogP contribution < -0.4 is 0 Å². The van der Waals surface area contributed by atoms with E-state index in [-0.39, 0.29) is 5.41 Å². The molecule has 47 heavy (non-hydrogen) atoms. The average molecular weight is 609 g/mol. The van der Waals surface area contributed by atoms with Crippen LogP contribution in [-0.4, -0.2) is 29.7 Å². The lowest BCUT2D eigenvalue weighted by Crippen LogP contribution is -2.11. The fourth-order valence-electron chi connectivity index (χ4n) is 6.17. The van der Waals surface area contributed by atoms with E-state index in [0.717, 1.165) is 33.9 Å². The third-order valence-corrected chi connectivity index (χ3v) is 8.63. The Labute approximate surface area is 273 Å². The lowest BCUT2D eigenvalue weighted by molar-refractivity contribution is 0.590. The van der Waals surface area contributed by atoms with Crippen molar-refractivity contribution in [3.63, 3.8) is 0 Å². The first kappa shape index (κ1) is 28.5. The van der Waals surface area contributed by atoms with Gasteiger partial charge < -0.3 is 0 Å². The van der Waals surface area contributed by atoms with Crippen LogP contribution in [0.1, 0.15) is 26.3 Å². The van der Waals surface area contributed by atoms with Gasteiger partial charge in [0, 0.05) is 23.6 Å². The molecule has 0 aliphatic rings. The lowest BCUT2D eigenvalue weighted by Gasteiger charge is -2.19. The number of benzene rings is 4. The van der Waals surface area contributed by atoms with E-state index in [1.807, 2.05) is 53.2 Å². The van der Waals surface area contributed by atoms with E-state index in [1.165, 1.54) is 27.1 Å². The van der Waals surface area contributed by atoms with Gasteiger partial charge in [0.25, 0.3) is 0 Å². The fraction of sp³-hybridized carbons (Fsp3) is 0.0976. The fourth-order valence-corrected chi connectivity index (χ4v) is 6.17. The van der Waals surface area contributed by atoms with Crippen LogP contribution in [0.4, 0.5) is 0 Å². The van der Waals surface area contributed by atoms with Gasteiger partial charge in [-0.15, -0.1) is 10.2 Å². The van der Waals surface area contributed by atoms with Gasteiger partial charge in [0.1, 0.15) is 11.4 Å². The van der Waals surface area contributed by atoms with Crippen LogP contribution in [-0.2, 0) is 5.41 Å². The molecule has 4 heterocycles. The molecule has 0 spiro atoms. The second-order valence-electron chi connectivity index (χ2n) is 12.7. The summed E-state index contributed by atoms with van der Waals surface area (Å²) in [5, 5.41) is 14.3. The molecule has 6 heteroatoms. The molecule has 8 rings (SSSR count). The highest BCUT2D eigenvalue weighted by molar-refractivity contribution is 6.13. The summed E-state index contributed by atoms with van der Waals surface area (Å²) in [5.41, 5.74) is 7.39. The molecule has 8 aromatic rings. The number of rotatable bonds is 5. The van der Waals surface area contributed by atoms with Crippen LogP contribution in [0.3, 0.4) is 0 Å². The van der Waals surface area contributed by atoms with E-state index in [2.05, 4.69) is 111 Å². The number of aromatic nitrogens is 6. The summed E-state index contributed by atoms with van der Waals surface area (Å²) in [6, 6.07) is 43.8. The number of hydrogen-bond acceptors (Lipinski definition) is 5. The molecule has 0 atom stereocenters. The SMILES string of the molecule is CC(C)(C)c1ccc(-n2c(-c3ccc(-c4cc5ccccc5c5ccccc45)cn3)nnc2-c2cccc(-c3ccccn3)n2)cc1. The zero-order chi connectivity index (χ0) is 32.0. The lowest BCUT2D eigenvalue weighted by atomic mass is 9.87. The first-order chi connectivity index (χ1) is 22.9. The Balaban J connectivity index is 1.26. The van der Waals surface area contributed by atoms with Gasteiger partial charge >= 0.3 is 0 Å². The highest BCUT2D eigenvalue weighted by atomic mass is 15.3. The quantitative estimate of drug-likeness (QED) is 0.182. The van der Waals surface area contributed by atoms with Gasteiger partial charge in [0.15, 0.2) is 11.6 Å². The molecule has 6 nitrogen and oxygen atoms in total. The van der Waals surface area contributed by atoms with Gasteiger partial charge in [-0.3, -0.25) is 14.5 Å². The Hall–Kier alpha value is -6.01. The minimum absolute atomic E-state index is 0.0280. The maximum Gasteiger partial charge on any atom is 0.187 e. The molecule has 0 N–H and O–H groups in total. The summed E-state index contributed by atoms with van der Waals surface area (Å²) >= 11 is 0. The zero-order valence-corrected chi connectivity index (χ0v) is 26.5. The van der Waals surface area contributed by atoms with E-state index in [9.17, 15) is 0 Å². The highest BCUT2D eigenvalue weighted by Crippen LogP contribution is 2.36. The van der Waals surface area contributed by atoms with Gasteiger partial charge in [-0.05, 0) is 86.6 Å². The van der Waals surface area contributed by atoms with E-state index in [1.54, 1.807) is 6.20 Å². The van der Waals surface area contributed by atoms with Crippen molar-refractivity contribution in [2.24, 2.45) is 0 Å². The summed E-state index contributed by atoms with van der Waals surface area (Å²) in [6.07, 6.45) is 3.71. The molecule has 0 radical (unpaired) electrons. The number of pyridine rings is 3. The number of fused-ring (bicyclic) bond motifs is 3. The number of nitrogens with zero attached hydrogens (tertiary/aromatic N) is 6. The second kappa shape index (κ2) is 11.4. The van der Waals surface area contributed by atoms with Crippen LogP contribution in [0.2, 0.25) is 0 Å². The zero-order valence-electron chi connectivity index (χ0n) is 26.5. The van der Waals surface area contributed by atoms with Crippen molar-refractivity contribution in [3.8, 4) is 51.2 Å². The third-order valence-electron chi connectivity index (χ3n) is 8.63. The summed E-state index contributed by atoms with van der Waals surface area (Å²) in [6.45, 7) is 6.65. The van der Waals surface area contributed by atoms with Crippen LogP contribution in [0.15, 0.2) is 140 Å². The molecule has 0 fully saturated rings. The molecule has 0 unspecified atom stereocenters. The minimum Gasteiger partial charge on any atom is -0.272 e. The molecular weight excluding hydrogens is 576 g/mol. The summed E-state index contributed by atoms with van der Waals surface area (Å²) in [7, 11) is 0. The Morgan fingerprint density at radius 1 is 0.532 bits per heavy atom. The second-order valence-corrected chi connectivity index (χ2v) is 12.7. The first-order valence-electron chi connectivity index (χ1n) is 15.8. The smallest absolute Gasteiger partial charge is 0.187 e. The Morgan fingerprint density at radius 2 is 1.21 bits per heavy atom. The van der Waals surface area contributed by atoms with E-state index in [4.69, 9.17) is 20.2 Å². The molecule has 0 saturated heterocycles. The molecule has 0 amide bonds. The van der Waals surface area contributed by atoms with Crippen molar-refractivity contribution < 1.29 is 0 Å². The van der Waals surface area contributed by atoms with Crippen LogP contribution in [0.5, 0.6) is 0 Å². The molecular formula is C41H32N6. The molecule has 4 aromatic heterocycles. The van der Waals surface area contributed by atoms with Crippen molar-refractivity contribution in [2.75, 3.05) is 0 Å². The minimum atomic E-state index is 0.0280.